The van der Waals surface area contributed by atoms with Gasteiger partial charge in [0.15, 0.2) is 0 Å². The number of aromatic nitrogens is 2. The Labute approximate surface area is 119 Å². The van der Waals surface area contributed by atoms with Crippen LogP contribution in [0.4, 0.5) is 0 Å². The molecule has 0 aliphatic carbocycles. The van der Waals surface area contributed by atoms with E-state index in [1.165, 1.54) is 0 Å². The molecular weight excluding hydrogens is 258 g/mol. The third kappa shape index (κ3) is 3.59. The van der Waals surface area contributed by atoms with Crippen molar-refractivity contribution >= 4 is 11.9 Å². The number of aliphatic carboxylic acids is 1. The predicted molar refractivity (Wildman–Crippen MR) is 75.7 cm³/mol. The molecule has 6 nitrogen and oxygen atoms in total. The fourth-order valence-electron chi connectivity index (χ4n) is 1.61. The topological polar surface area (TPSA) is 84.2 Å². The van der Waals surface area contributed by atoms with Crippen molar-refractivity contribution in [3.05, 3.63) is 17.5 Å². The van der Waals surface area contributed by atoms with E-state index in [2.05, 4.69) is 10.4 Å². The summed E-state index contributed by atoms with van der Waals surface area (Å²) in [4.78, 5) is 23.2. The highest BCUT2D eigenvalue weighted by molar-refractivity contribution is 5.93. The number of carbonyl (C=O) groups excluding carboxylic acids is 1. The summed E-state index contributed by atoms with van der Waals surface area (Å²) in [5, 5.41) is 16.1. The maximum Gasteiger partial charge on any atom is 0.310 e. The molecule has 0 aromatic carbocycles. The maximum absolute atomic E-state index is 12.2. The summed E-state index contributed by atoms with van der Waals surface area (Å²) < 4.78 is 1.64. The van der Waals surface area contributed by atoms with Gasteiger partial charge >= 0.3 is 5.97 Å². The predicted octanol–water partition coefficient (Wildman–Crippen LogP) is 1.87. The molecule has 6 heteroatoms. The number of carbonyl (C=O) groups is 2. The molecule has 1 rings (SSSR count). The monoisotopic (exact) mass is 281 g/mol. The summed E-state index contributed by atoms with van der Waals surface area (Å²) in [7, 11) is 0. The summed E-state index contributed by atoms with van der Waals surface area (Å²) >= 11 is 0. The van der Waals surface area contributed by atoms with Crippen molar-refractivity contribution in [3.8, 4) is 0 Å². The number of carboxylic acids is 1. The van der Waals surface area contributed by atoms with E-state index < -0.39 is 11.4 Å². The lowest BCUT2D eigenvalue weighted by atomic mass is 9.94. The van der Waals surface area contributed by atoms with Crippen molar-refractivity contribution in [3.63, 3.8) is 0 Å². The van der Waals surface area contributed by atoms with E-state index in [-0.39, 0.29) is 18.4 Å². The molecule has 1 aromatic heterocycles. The van der Waals surface area contributed by atoms with Crippen LogP contribution in [-0.2, 0) is 11.3 Å². The SMILES string of the molecule is CCn1nc(C(C)C)cc1C(=O)NCC(C)(C)C(=O)O. The lowest BCUT2D eigenvalue weighted by Crippen LogP contribution is -2.39. The van der Waals surface area contributed by atoms with E-state index in [9.17, 15) is 9.59 Å². The third-order valence-corrected chi connectivity index (χ3v) is 3.19. The van der Waals surface area contributed by atoms with Crippen LogP contribution >= 0.6 is 0 Å². The summed E-state index contributed by atoms with van der Waals surface area (Å²) in [5.41, 5.74) is 0.333. The van der Waals surface area contributed by atoms with Crippen LogP contribution in [0.1, 0.15) is 56.7 Å². The second kappa shape index (κ2) is 6.07. The molecule has 112 valence electrons. The van der Waals surface area contributed by atoms with Crippen molar-refractivity contribution < 1.29 is 14.7 Å². The molecule has 0 unspecified atom stereocenters. The van der Waals surface area contributed by atoms with Gasteiger partial charge in [0.1, 0.15) is 5.69 Å². The van der Waals surface area contributed by atoms with E-state index in [1.54, 1.807) is 24.6 Å². The van der Waals surface area contributed by atoms with Crippen LogP contribution in [0.5, 0.6) is 0 Å². The third-order valence-electron chi connectivity index (χ3n) is 3.19. The van der Waals surface area contributed by atoms with Crippen molar-refractivity contribution in [2.75, 3.05) is 6.54 Å². The minimum atomic E-state index is -0.992. The molecule has 0 aliphatic rings. The van der Waals surface area contributed by atoms with Crippen molar-refractivity contribution in [1.82, 2.24) is 15.1 Å². The van der Waals surface area contributed by atoms with Gasteiger partial charge in [0.2, 0.25) is 0 Å². The molecule has 1 amide bonds. The lowest BCUT2D eigenvalue weighted by Gasteiger charge is -2.19. The fraction of sp³-hybridized carbons (Fsp3) is 0.643. The molecule has 0 aliphatic heterocycles. The molecule has 0 fully saturated rings. The molecule has 0 spiro atoms. The van der Waals surface area contributed by atoms with Gasteiger partial charge in [-0.1, -0.05) is 13.8 Å². The van der Waals surface area contributed by atoms with Gasteiger partial charge in [-0.25, -0.2) is 0 Å². The second-order valence-electron chi connectivity index (χ2n) is 5.80. The van der Waals surface area contributed by atoms with E-state index in [1.807, 2.05) is 20.8 Å². The Bertz CT molecular complexity index is 504. The van der Waals surface area contributed by atoms with Gasteiger partial charge < -0.3 is 10.4 Å². The first-order valence-corrected chi connectivity index (χ1v) is 6.78. The van der Waals surface area contributed by atoms with Gasteiger partial charge in [-0.2, -0.15) is 5.10 Å². The minimum Gasteiger partial charge on any atom is -0.481 e. The highest BCUT2D eigenvalue weighted by Crippen LogP contribution is 2.16. The highest BCUT2D eigenvalue weighted by atomic mass is 16.4. The molecule has 0 atom stereocenters. The summed E-state index contributed by atoms with van der Waals surface area (Å²) in [5.74, 6) is -0.991. The average molecular weight is 281 g/mol. The van der Waals surface area contributed by atoms with Crippen molar-refractivity contribution in [1.29, 1.82) is 0 Å². The van der Waals surface area contributed by atoms with Gasteiger partial charge in [-0.05, 0) is 32.8 Å². The smallest absolute Gasteiger partial charge is 0.310 e. The van der Waals surface area contributed by atoms with Crippen LogP contribution < -0.4 is 5.32 Å². The van der Waals surface area contributed by atoms with Gasteiger partial charge in [0, 0.05) is 13.1 Å². The van der Waals surface area contributed by atoms with Gasteiger partial charge in [0.25, 0.3) is 5.91 Å². The Kier molecular flexibility index (Phi) is 4.92. The molecule has 0 saturated carbocycles. The van der Waals surface area contributed by atoms with Gasteiger partial charge in [-0.3, -0.25) is 14.3 Å². The summed E-state index contributed by atoms with van der Waals surface area (Å²) in [6.45, 7) is 9.76. The second-order valence-corrected chi connectivity index (χ2v) is 5.80. The molecule has 20 heavy (non-hydrogen) atoms. The van der Waals surface area contributed by atoms with Gasteiger partial charge in [0.05, 0.1) is 11.1 Å². The maximum atomic E-state index is 12.2. The number of aryl methyl sites for hydroxylation is 1. The quantitative estimate of drug-likeness (QED) is 0.833. The zero-order valence-corrected chi connectivity index (χ0v) is 12.7. The largest absolute Gasteiger partial charge is 0.481 e. The van der Waals surface area contributed by atoms with E-state index in [0.29, 0.717) is 12.2 Å². The molecule has 0 saturated heterocycles. The zero-order valence-electron chi connectivity index (χ0n) is 12.7. The first-order valence-electron chi connectivity index (χ1n) is 6.78. The number of amides is 1. The van der Waals surface area contributed by atoms with Gasteiger partial charge in [-0.15, -0.1) is 0 Å². The molecular formula is C14H23N3O3. The Morgan fingerprint density at radius 2 is 2.05 bits per heavy atom. The number of hydrogen-bond acceptors (Lipinski definition) is 3. The standard InChI is InChI=1S/C14H23N3O3/c1-6-17-11(7-10(16-17)9(2)3)12(18)15-8-14(4,5)13(19)20/h7,9H,6,8H2,1-5H3,(H,15,18)(H,19,20). The molecule has 0 radical (unpaired) electrons. The molecule has 0 bridgehead atoms. The first kappa shape index (κ1) is 16.2. The van der Waals surface area contributed by atoms with Crippen LogP contribution in [0.25, 0.3) is 0 Å². The molecule has 1 heterocycles. The number of rotatable bonds is 6. The Morgan fingerprint density at radius 3 is 2.50 bits per heavy atom. The van der Waals surface area contributed by atoms with Crippen LogP contribution in [0.3, 0.4) is 0 Å². The molecule has 1 aromatic rings. The fourth-order valence-corrected chi connectivity index (χ4v) is 1.61. The van der Waals surface area contributed by atoms with Crippen molar-refractivity contribution in [2.45, 2.75) is 47.1 Å². The van der Waals surface area contributed by atoms with Crippen LogP contribution in [-0.4, -0.2) is 33.3 Å². The van der Waals surface area contributed by atoms with Crippen LogP contribution in [0.15, 0.2) is 6.07 Å². The Hall–Kier alpha value is -1.85. The van der Waals surface area contributed by atoms with Crippen LogP contribution in [0, 0.1) is 5.41 Å². The van der Waals surface area contributed by atoms with E-state index in [0.717, 1.165) is 5.69 Å². The minimum absolute atomic E-state index is 0.0765. The highest BCUT2D eigenvalue weighted by Gasteiger charge is 2.28. The number of nitrogens with zero attached hydrogens (tertiary/aromatic N) is 2. The Morgan fingerprint density at radius 1 is 1.45 bits per heavy atom. The Balaban J connectivity index is 2.85. The van der Waals surface area contributed by atoms with Crippen molar-refractivity contribution in [2.24, 2.45) is 5.41 Å². The van der Waals surface area contributed by atoms with Crippen LogP contribution in [0.2, 0.25) is 0 Å². The summed E-state index contributed by atoms with van der Waals surface area (Å²) in [6, 6.07) is 1.76. The normalized spacial score (nSPS) is 11.7. The average Bonchev–Trinajstić information content (AvgIpc) is 2.80. The van der Waals surface area contributed by atoms with E-state index in [4.69, 9.17) is 5.11 Å². The summed E-state index contributed by atoms with van der Waals surface area (Å²) in [6.07, 6.45) is 0. The zero-order chi connectivity index (χ0) is 15.5. The number of nitrogens with one attached hydrogen (secondary N) is 1. The molecule has 2 N–H and O–H groups in total. The number of carboxylic acid groups (broad SMARTS) is 1. The van der Waals surface area contributed by atoms with E-state index >= 15 is 0 Å². The lowest BCUT2D eigenvalue weighted by molar-refractivity contribution is -0.146. The number of hydrogen-bond donors (Lipinski definition) is 2. The first-order chi connectivity index (χ1) is 9.19.